The van der Waals surface area contributed by atoms with Crippen molar-refractivity contribution < 1.29 is 4.74 Å². The molecular formula is C15H20BrNO. The lowest BCUT2D eigenvalue weighted by Crippen LogP contribution is -2.20. The molecule has 3 heteroatoms. The zero-order valence-electron chi connectivity index (χ0n) is 10.8. The van der Waals surface area contributed by atoms with Gasteiger partial charge in [-0.1, -0.05) is 22.4 Å². The lowest BCUT2D eigenvalue weighted by Gasteiger charge is -2.23. The van der Waals surface area contributed by atoms with Crippen LogP contribution in [0.4, 0.5) is 5.69 Å². The molecule has 0 radical (unpaired) electrons. The van der Waals surface area contributed by atoms with Crippen LogP contribution in [0, 0.1) is 17.8 Å². The second-order valence-electron chi connectivity index (χ2n) is 5.66. The first kappa shape index (κ1) is 12.3. The van der Waals surface area contributed by atoms with Crippen molar-refractivity contribution in [3.05, 3.63) is 22.7 Å². The summed E-state index contributed by atoms with van der Waals surface area (Å²) in [4.78, 5) is 0. The number of nitrogens with one attached hydrogen (secondary N) is 1. The minimum absolute atomic E-state index is 0.868. The Morgan fingerprint density at radius 1 is 1.33 bits per heavy atom. The standard InChI is InChI=1S/C15H20BrNO/c1-18-15-5-4-13(16)8-14(15)17-9-12-7-10-2-3-11(12)6-10/h4-5,8,10-12,17H,2-3,6-7,9H2,1H3. The first-order chi connectivity index (χ1) is 8.76. The summed E-state index contributed by atoms with van der Waals surface area (Å²) in [5.74, 6) is 3.79. The van der Waals surface area contributed by atoms with Gasteiger partial charge < -0.3 is 10.1 Å². The van der Waals surface area contributed by atoms with Crippen LogP contribution >= 0.6 is 15.9 Å². The Morgan fingerprint density at radius 2 is 2.22 bits per heavy atom. The van der Waals surface area contributed by atoms with Crippen molar-refractivity contribution >= 4 is 21.6 Å². The van der Waals surface area contributed by atoms with Gasteiger partial charge in [0.1, 0.15) is 5.75 Å². The highest BCUT2D eigenvalue weighted by Crippen LogP contribution is 2.48. The molecule has 0 aromatic heterocycles. The van der Waals surface area contributed by atoms with Crippen molar-refractivity contribution in [2.24, 2.45) is 17.8 Å². The summed E-state index contributed by atoms with van der Waals surface area (Å²) in [5.41, 5.74) is 1.11. The van der Waals surface area contributed by atoms with E-state index in [0.29, 0.717) is 0 Å². The molecule has 0 amide bonds. The second-order valence-corrected chi connectivity index (χ2v) is 6.58. The number of anilines is 1. The number of hydrogen-bond donors (Lipinski definition) is 1. The van der Waals surface area contributed by atoms with Gasteiger partial charge in [0.15, 0.2) is 0 Å². The Hall–Kier alpha value is -0.700. The van der Waals surface area contributed by atoms with Crippen LogP contribution in [0.1, 0.15) is 25.7 Å². The van der Waals surface area contributed by atoms with Crippen LogP contribution in [0.25, 0.3) is 0 Å². The van der Waals surface area contributed by atoms with E-state index in [1.165, 1.54) is 25.7 Å². The van der Waals surface area contributed by atoms with Crippen molar-refractivity contribution in [2.45, 2.75) is 25.7 Å². The largest absolute Gasteiger partial charge is 0.495 e. The highest BCUT2D eigenvalue weighted by molar-refractivity contribution is 9.10. The fraction of sp³-hybridized carbons (Fsp3) is 0.600. The smallest absolute Gasteiger partial charge is 0.142 e. The SMILES string of the molecule is COc1ccc(Br)cc1NCC1CC2CCC1C2. The first-order valence-corrected chi connectivity index (χ1v) is 7.63. The van der Waals surface area contributed by atoms with E-state index in [4.69, 9.17) is 4.74 Å². The third kappa shape index (κ3) is 2.37. The van der Waals surface area contributed by atoms with Crippen molar-refractivity contribution in [3.8, 4) is 5.75 Å². The predicted octanol–water partition coefficient (Wildman–Crippen LogP) is 4.31. The molecule has 1 aromatic carbocycles. The molecule has 2 nitrogen and oxygen atoms in total. The van der Waals surface area contributed by atoms with Crippen LogP contribution in [0.3, 0.4) is 0 Å². The van der Waals surface area contributed by atoms with Crippen LogP contribution in [-0.2, 0) is 0 Å². The number of ether oxygens (including phenoxy) is 1. The normalized spacial score (nSPS) is 29.6. The topological polar surface area (TPSA) is 21.3 Å². The quantitative estimate of drug-likeness (QED) is 0.895. The fourth-order valence-corrected chi connectivity index (χ4v) is 4.05. The Bertz CT molecular complexity index is 435. The highest BCUT2D eigenvalue weighted by atomic mass is 79.9. The summed E-state index contributed by atoms with van der Waals surface area (Å²) in [5, 5.41) is 3.58. The van der Waals surface area contributed by atoms with E-state index in [1.807, 2.05) is 12.1 Å². The zero-order chi connectivity index (χ0) is 12.5. The predicted molar refractivity (Wildman–Crippen MR) is 78.1 cm³/mol. The lowest BCUT2D eigenvalue weighted by molar-refractivity contribution is 0.347. The zero-order valence-corrected chi connectivity index (χ0v) is 12.4. The maximum Gasteiger partial charge on any atom is 0.142 e. The molecule has 2 fully saturated rings. The molecule has 98 valence electrons. The van der Waals surface area contributed by atoms with Gasteiger partial charge in [0.05, 0.1) is 12.8 Å². The molecule has 0 heterocycles. The number of hydrogen-bond acceptors (Lipinski definition) is 2. The summed E-state index contributed by atoms with van der Waals surface area (Å²) >= 11 is 3.52. The summed E-state index contributed by atoms with van der Waals surface area (Å²) < 4.78 is 6.49. The van der Waals surface area contributed by atoms with E-state index < -0.39 is 0 Å². The molecular weight excluding hydrogens is 290 g/mol. The Balaban J connectivity index is 1.64. The molecule has 1 N–H and O–H groups in total. The minimum atomic E-state index is 0.868. The molecule has 2 saturated carbocycles. The average molecular weight is 310 g/mol. The van der Waals surface area contributed by atoms with Gasteiger partial charge in [-0.15, -0.1) is 0 Å². The second kappa shape index (κ2) is 5.12. The molecule has 2 bridgehead atoms. The van der Waals surface area contributed by atoms with Gasteiger partial charge in [-0.05, 0) is 55.2 Å². The van der Waals surface area contributed by atoms with Crippen molar-refractivity contribution in [1.82, 2.24) is 0 Å². The number of halogens is 1. The summed E-state index contributed by atoms with van der Waals surface area (Å²) in [6.07, 6.45) is 5.82. The lowest BCUT2D eigenvalue weighted by atomic mass is 9.89. The third-order valence-electron chi connectivity index (χ3n) is 4.60. The molecule has 3 rings (SSSR count). The Labute approximate surface area is 117 Å². The monoisotopic (exact) mass is 309 g/mol. The maximum atomic E-state index is 5.39. The molecule has 0 spiro atoms. The van der Waals surface area contributed by atoms with Gasteiger partial charge in [0, 0.05) is 11.0 Å². The van der Waals surface area contributed by atoms with Crippen LogP contribution in [-0.4, -0.2) is 13.7 Å². The van der Waals surface area contributed by atoms with E-state index in [9.17, 15) is 0 Å². The third-order valence-corrected chi connectivity index (χ3v) is 5.09. The highest BCUT2D eigenvalue weighted by Gasteiger charge is 2.39. The summed E-state index contributed by atoms with van der Waals surface area (Å²) in [6.45, 7) is 1.09. The minimum Gasteiger partial charge on any atom is -0.495 e. The van der Waals surface area contributed by atoms with Crippen molar-refractivity contribution in [3.63, 3.8) is 0 Å². The van der Waals surface area contributed by atoms with Crippen LogP contribution < -0.4 is 10.1 Å². The molecule has 0 aliphatic heterocycles. The van der Waals surface area contributed by atoms with Gasteiger partial charge in [-0.3, -0.25) is 0 Å². The summed E-state index contributed by atoms with van der Waals surface area (Å²) in [6, 6.07) is 6.13. The first-order valence-electron chi connectivity index (χ1n) is 6.83. The van der Waals surface area contributed by atoms with Gasteiger partial charge in [-0.2, -0.15) is 0 Å². The average Bonchev–Trinajstić information content (AvgIpc) is 2.98. The molecule has 1 aromatic rings. The van der Waals surface area contributed by atoms with E-state index >= 15 is 0 Å². The molecule has 2 aliphatic rings. The van der Waals surface area contributed by atoms with E-state index in [2.05, 4.69) is 27.3 Å². The van der Waals surface area contributed by atoms with Gasteiger partial charge in [0.2, 0.25) is 0 Å². The van der Waals surface area contributed by atoms with Gasteiger partial charge in [0.25, 0.3) is 0 Å². The fourth-order valence-electron chi connectivity index (χ4n) is 3.69. The maximum absolute atomic E-state index is 5.39. The molecule has 3 atom stereocenters. The van der Waals surface area contributed by atoms with Crippen LogP contribution in [0.5, 0.6) is 5.75 Å². The van der Waals surface area contributed by atoms with Crippen molar-refractivity contribution in [1.29, 1.82) is 0 Å². The van der Waals surface area contributed by atoms with Crippen molar-refractivity contribution in [2.75, 3.05) is 19.0 Å². The van der Waals surface area contributed by atoms with E-state index in [0.717, 1.165) is 40.2 Å². The van der Waals surface area contributed by atoms with Gasteiger partial charge >= 0.3 is 0 Å². The van der Waals surface area contributed by atoms with Crippen LogP contribution in [0.15, 0.2) is 22.7 Å². The van der Waals surface area contributed by atoms with Gasteiger partial charge in [-0.25, -0.2) is 0 Å². The number of rotatable bonds is 4. The van der Waals surface area contributed by atoms with E-state index in [1.54, 1.807) is 7.11 Å². The van der Waals surface area contributed by atoms with E-state index in [-0.39, 0.29) is 0 Å². The number of methoxy groups -OCH3 is 1. The Morgan fingerprint density at radius 3 is 2.89 bits per heavy atom. The molecule has 0 saturated heterocycles. The van der Waals surface area contributed by atoms with Crippen LogP contribution in [0.2, 0.25) is 0 Å². The summed E-state index contributed by atoms with van der Waals surface area (Å²) in [7, 11) is 1.73. The number of benzene rings is 1. The number of fused-ring (bicyclic) bond motifs is 2. The Kier molecular flexibility index (Phi) is 3.51. The molecule has 18 heavy (non-hydrogen) atoms. The molecule has 2 aliphatic carbocycles. The molecule has 3 unspecified atom stereocenters.